The minimum Gasteiger partial charge on any atom is -0.394 e. The van der Waals surface area contributed by atoms with Crippen molar-refractivity contribution in [2.45, 2.75) is 32.4 Å². The highest BCUT2D eigenvalue weighted by atomic mass is 16.5. The number of nitrogens with one attached hydrogen (secondary N) is 1. The van der Waals surface area contributed by atoms with Gasteiger partial charge in [0.05, 0.1) is 25.9 Å². The van der Waals surface area contributed by atoms with Crippen LogP contribution in [0.15, 0.2) is 0 Å². The van der Waals surface area contributed by atoms with Gasteiger partial charge in [0.1, 0.15) is 0 Å². The lowest BCUT2D eigenvalue weighted by molar-refractivity contribution is -0.0631. The van der Waals surface area contributed by atoms with E-state index in [1.807, 2.05) is 0 Å². The van der Waals surface area contributed by atoms with Gasteiger partial charge in [-0.3, -0.25) is 4.90 Å². The Labute approximate surface area is 116 Å². The molecule has 2 unspecified atom stereocenters. The van der Waals surface area contributed by atoms with Crippen LogP contribution in [-0.2, 0) is 9.47 Å². The summed E-state index contributed by atoms with van der Waals surface area (Å²) in [6, 6.07) is 0.507. The van der Waals surface area contributed by atoms with Crippen LogP contribution < -0.4 is 5.32 Å². The Bertz CT molecular complexity index is 267. The number of hydrogen-bond donors (Lipinski definition) is 2. The Morgan fingerprint density at radius 3 is 2.89 bits per heavy atom. The Morgan fingerprint density at radius 1 is 1.42 bits per heavy atom. The summed E-state index contributed by atoms with van der Waals surface area (Å²) in [5.74, 6) is 0. The second-order valence-corrected chi connectivity index (χ2v) is 6.25. The smallest absolute Gasteiger partial charge is 0.0932 e. The average Bonchev–Trinajstić information content (AvgIpc) is 2.86. The van der Waals surface area contributed by atoms with Crippen LogP contribution >= 0.6 is 0 Å². The molecule has 0 aliphatic carbocycles. The van der Waals surface area contributed by atoms with Crippen molar-refractivity contribution in [3.8, 4) is 0 Å². The molecule has 5 heteroatoms. The molecule has 0 amide bonds. The Morgan fingerprint density at radius 2 is 2.26 bits per heavy atom. The second-order valence-electron chi connectivity index (χ2n) is 6.25. The van der Waals surface area contributed by atoms with Gasteiger partial charge in [-0.2, -0.15) is 0 Å². The molecule has 0 spiro atoms. The second kappa shape index (κ2) is 6.99. The van der Waals surface area contributed by atoms with Gasteiger partial charge in [-0.25, -0.2) is 0 Å². The highest BCUT2D eigenvalue weighted by Gasteiger charge is 2.37. The van der Waals surface area contributed by atoms with Crippen molar-refractivity contribution in [2.24, 2.45) is 5.41 Å². The summed E-state index contributed by atoms with van der Waals surface area (Å²) in [4.78, 5) is 2.42. The number of aliphatic hydroxyl groups excluding tert-OH is 1. The summed E-state index contributed by atoms with van der Waals surface area (Å²) in [6.45, 7) is 10.7. The van der Waals surface area contributed by atoms with E-state index >= 15 is 0 Å². The van der Waals surface area contributed by atoms with Crippen LogP contribution in [0.5, 0.6) is 0 Å². The molecule has 0 aromatic heterocycles. The van der Waals surface area contributed by atoms with Gasteiger partial charge in [-0.1, -0.05) is 13.8 Å². The highest BCUT2D eigenvalue weighted by Crippen LogP contribution is 2.30. The summed E-state index contributed by atoms with van der Waals surface area (Å²) in [5.41, 5.74) is 0.224. The summed E-state index contributed by atoms with van der Waals surface area (Å²) in [6.07, 6.45) is 1.10. The summed E-state index contributed by atoms with van der Waals surface area (Å²) >= 11 is 0. The molecule has 0 bridgehead atoms. The van der Waals surface area contributed by atoms with Gasteiger partial charge >= 0.3 is 0 Å². The Balaban J connectivity index is 1.88. The van der Waals surface area contributed by atoms with E-state index in [4.69, 9.17) is 9.47 Å². The first-order chi connectivity index (χ1) is 9.13. The largest absolute Gasteiger partial charge is 0.394 e. The number of rotatable bonds is 6. The maximum absolute atomic E-state index is 9.22. The first-order valence-corrected chi connectivity index (χ1v) is 7.39. The summed E-state index contributed by atoms with van der Waals surface area (Å²) in [5, 5.41) is 12.8. The Kier molecular flexibility index (Phi) is 5.59. The van der Waals surface area contributed by atoms with Crippen LogP contribution in [0.3, 0.4) is 0 Å². The molecule has 2 aliphatic rings. The van der Waals surface area contributed by atoms with E-state index in [2.05, 4.69) is 24.1 Å². The van der Waals surface area contributed by atoms with Gasteiger partial charge in [0.25, 0.3) is 0 Å². The fourth-order valence-corrected chi connectivity index (χ4v) is 2.90. The van der Waals surface area contributed by atoms with E-state index in [1.165, 1.54) is 0 Å². The predicted molar refractivity (Wildman–Crippen MR) is 74.3 cm³/mol. The normalized spacial score (nSPS) is 33.2. The van der Waals surface area contributed by atoms with Crippen molar-refractivity contribution >= 4 is 0 Å². The van der Waals surface area contributed by atoms with E-state index in [9.17, 15) is 5.11 Å². The van der Waals surface area contributed by atoms with Crippen molar-refractivity contribution in [3.63, 3.8) is 0 Å². The standard InChI is InChI=1S/C14H28N2O3/c1-12(2)15-9-14(3-5-18-11-14)10-16-4-6-19-13(7-16)8-17/h12-13,15,17H,3-11H2,1-2H3. The quantitative estimate of drug-likeness (QED) is 0.717. The molecule has 2 N–H and O–H groups in total. The van der Waals surface area contributed by atoms with Gasteiger partial charge < -0.3 is 19.9 Å². The molecule has 112 valence electrons. The zero-order chi connectivity index (χ0) is 13.7. The number of aliphatic hydroxyl groups is 1. The van der Waals surface area contributed by atoms with Crippen LogP contribution in [0.4, 0.5) is 0 Å². The van der Waals surface area contributed by atoms with Crippen molar-refractivity contribution in [1.82, 2.24) is 10.2 Å². The van der Waals surface area contributed by atoms with Gasteiger partial charge in [-0.15, -0.1) is 0 Å². The number of ether oxygens (including phenoxy) is 2. The number of morpholine rings is 1. The fraction of sp³-hybridized carbons (Fsp3) is 1.00. The van der Waals surface area contributed by atoms with Gasteiger partial charge in [0, 0.05) is 44.2 Å². The lowest BCUT2D eigenvalue weighted by Gasteiger charge is -2.39. The molecule has 0 saturated carbocycles. The summed E-state index contributed by atoms with van der Waals surface area (Å²) in [7, 11) is 0. The third kappa shape index (κ3) is 4.39. The Hall–Kier alpha value is -0.200. The molecule has 2 heterocycles. The van der Waals surface area contributed by atoms with E-state index in [-0.39, 0.29) is 18.1 Å². The minimum absolute atomic E-state index is 0.0221. The molecule has 5 nitrogen and oxygen atoms in total. The average molecular weight is 272 g/mol. The molecule has 2 saturated heterocycles. The lowest BCUT2D eigenvalue weighted by atomic mass is 9.86. The third-order valence-corrected chi connectivity index (χ3v) is 4.06. The van der Waals surface area contributed by atoms with Gasteiger partial charge in [0.2, 0.25) is 0 Å². The van der Waals surface area contributed by atoms with Crippen molar-refractivity contribution < 1.29 is 14.6 Å². The van der Waals surface area contributed by atoms with Crippen LogP contribution in [0.2, 0.25) is 0 Å². The number of hydrogen-bond acceptors (Lipinski definition) is 5. The monoisotopic (exact) mass is 272 g/mol. The molecule has 19 heavy (non-hydrogen) atoms. The van der Waals surface area contributed by atoms with Gasteiger partial charge in [0.15, 0.2) is 0 Å². The minimum atomic E-state index is -0.0221. The fourth-order valence-electron chi connectivity index (χ4n) is 2.90. The molecular formula is C14H28N2O3. The summed E-state index contributed by atoms with van der Waals surface area (Å²) < 4.78 is 11.2. The molecule has 2 aliphatic heterocycles. The van der Waals surface area contributed by atoms with E-state index in [1.54, 1.807) is 0 Å². The van der Waals surface area contributed by atoms with E-state index < -0.39 is 0 Å². The maximum Gasteiger partial charge on any atom is 0.0932 e. The zero-order valence-corrected chi connectivity index (χ0v) is 12.2. The van der Waals surface area contributed by atoms with Gasteiger partial charge in [-0.05, 0) is 6.42 Å². The molecule has 2 atom stereocenters. The SMILES string of the molecule is CC(C)NCC1(CN2CCOC(CO)C2)CCOC1. The van der Waals surface area contributed by atoms with Crippen molar-refractivity contribution in [1.29, 1.82) is 0 Å². The molecule has 0 aromatic carbocycles. The van der Waals surface area contributed by atoms with Crippen LogP contribution in [0, 0.1) is 5.41 Å². The zero-order valence-electron chi connectivity index (χ0n) is 12.2. The van der Waals surface area contributed by atoms with E-state index in [0.29, 0.717) is 6.04 Å². The third-order valence-electron chi connectivity index (χ3n) is 4.06. The first kappa shape index (κ1) is 15.2. The molecule has 2 fully saturated rings. The highest BCUT2D eigenvalue weighted by molar-refractivity contribution is 4.90. The predicted octanol–water partition coefficient (Wildman–Crippen LogP) is 0.0842. The molecule has 0 aromatic rings. The van der Waals surface area contributed by atoms with E-state index in [0.717, 1.165) is 52.4 Å². The number of nitrogens with zero attached hydrogens (tertiary/aromatic N) is 1. The first-order valence-electron chi connectivity index (χ1n) is 7.39. The van der Waals surface area contributed by atoms with Crippen molar-refractivity contribution in [3.05, 3.63) is 0 Å². The lowest BCUT2D eigenvalue weighted by Crippen LogP contribution is -2.51. The molecule has 0 radical (unpaired) electrons. The molecular weight excluding hydrogens is 244 g/mol. The topological polar surface area (TPSA) is 54.0 Å². The molecule has 2 rings (SSSR count). The van der Waals surface area contributed by atoms with Crippen LogP contribution in [-0.4, -0.2) is 74.8 Å². The van der Waals surface area contributed by atoms with Crippen molar-refractivity contribution in [2.75, 3.05) is 52.6 Å². The maximum atomic E-state index is 9.22. The van der Waals surface area contributed by atoms with Crippen LogP contribution in [0.25, 0.3) is 0 Å². The van der Waals surface area contributed by atoms with Crippen LogP contribution in [0.1, 0.15) is 20.3 Å².